The number of ether oxygens (including phenoxy) is 1. The van der Waals surface area contributed by atoms with E-state index >= 15 is 0 Å². The third kappa shape index (κ3) is 3.98. The van der Waals surface area contributed by atoms with Crippen LogP contribution in [-0.2, 0) is 13.2 Å². The van der Waals surface area contributed by atoms with Gasteiger partial charge in [-0.3, -0.25) is 9.36 Å². The number of hydrogen-bond donors (Lipinski definition) is 1. The number of rotatable bonds is 5. The molecule has 4 nitrogen and oxygen atoms in total. The Morgan fingerprint density at radius 2 is 1.82 bits per heavy atom. The van der Waals surface area contributed by atoms with E-state index in [9.17, 15) is 23.1 Å². The Kier molecular flexibility index (Phi) is 5.90. The normalized spacial score (nSPS) is 10.9. The number of benzene rings is 2. The Hall–Kier alpha value is -2.58. The van der Waals surface area contributed by atoms with Crippen LogP contribution < -0.4 is 10.3 Å². The lowest BCUT2D eigenvalue weighted by Gasteiger charge is -2.16. The minimum Gasteiger partial charge on any atom is -0.487 e. The van der Waals surface area contributed by atoms with Crippen LogP contribution in [0, 0.1) is 24.4 Å². The number of halogens is 4. The minimum atomic E-state index is -0.760. The third-order valence-electron chi connectivity index (χ3n) is 4.13. The van der Waals surface area contributed by atoms with Crippen LogP contribution in [0.4, 0.5) is 13.2 Å². The van der Waals surface area contributed by atoms with Crippen LogP contribution in [-0.4, -0.2) is 9.67 Å². The van der Waals surface area contributed by atoms with Gasteiger partial charge in [-0.2, -0.15) is 0 Å². The van der Waals surface area contributed by atoms with Gasteiger partial charge in [-0.15, -0.1) is 0 Å². The molecule has 2 aromatic carbocycles. The average molecular weight is 454 g/mol. The highest BCUT2D eigenvalue weighted by Crippen LogP contribution is 2.26. The first kappa shape index (κ1) is 20.2. The average Bonchev–Trinajstić information content (AvgIpc) is 2.66. The maximum Gasteiger partial charge on any atom is 0.273 e. The van der Waals surface area contributed by atoms with Gasteiger partial charge in [0.1, 0.15) is 34.3 Å². The Balaban J connectivity index is 1.98. The smallest absolute Gasteiger partial charge is 0.273 e. The van der Waals surface area contributed by atoms with Crippen LogP contribution in [0.5, 0.6) is 5.75 Å². The van der Waals surface area contributed by atoms with E-state index in [1.165, 1.54) is 30.3 Å². The van der Waals surface area contributed by atoms with Crippen LogP contribution in [0.25, 0.3) is 5.69 Å². The van der Waals surface area contributed by atoms with Crippen molar-refractivity contribution in [3.05, 3.63) is 91.6 Å². The molecule has 146 valence electrons. The number of aromatic nitrogens is 1. The van der Waals surface area contributed by atoms with Crippen molar-refractivity contribution in [3.8, 4) is 11.4 Å². The van der Waals surface area contributed by atoms with E-state index in [4.69, 9.17) is 4.74 Å². The van der Waals surface area contributed by atoms with Crippen molar-refractivity contribution in [1.82, 2.24) is 4.57 Å². The van der Waals surface area contributed by atoms with Gasteiger partial charge in [0.25, 0.3) is 5.56 Å². The zero-order valence-electron chi connectivity index (χ0n) is 14.7. The van der Waals surface area contributed by atoms with Crippen molar-refractivity contribution in [1.29, 1.82) is 0 Å². The van der Waals surface area contributed by atoms with Crippen molar-refractivity contribution in [2.24, 2.45) is 0 Å². The van der Waals surface area contributed by atoms with Crippen LogP contribution in [0.15, 0.2) is 51.7 Å². The molecule has 8 heteroatoms. The van der Waals surface area contributed by atoms with Crippen molar-refractivity contribution < 1.29 is 23.0 Å². The summed E-state index contributed by atoms with van der Waals surface area (Å²) in [6.45, 7) is 1.07. The van der Waals surface area contributed by atoms with Crippen molar-refractivity contribution >= 4 is 15.9 Å². The first-order valence-corrected chi connectivity index (χ1v) is 8.99. The summed E-state index contributed by atoms with van der Waals surface area (Å²) in [7, 11) is 0. The zero-order valence-corrected chi connectivity index (χ0v) is 16.3. The number of aliphatic hydroxyl groups excluding tert-OH is 1. The standard InChI is InChI=1S/C20H15BrF3NO3/c1-11-6-18(28-10-13-3-4-14(22)8-16(13)24)19(21)20(27)25(11)17-7-12(9-26)2-5-15(17)23/h2-8,26H,9-10H2,1H3. The molecule has 1 N–H and O–H groups in total. The van der Waals surface area contributed by atoms with E-state index in [2.05, 4.69) is 15.9 Å². The van der Waals surface area contributed by atoms with Gasteiger partial charge in [-0.25, -0.2) is 13.2 Å². The molecule has 0 aliphatic rings. The van der Waals surface area contributed by atoms with Crippen LogP contribution >= 0.6 is 15.9 Å². The Morgan fingerprint density at radius 1 is 1.07 bits per heavy atom. The summed E-state index contributed by atoms with van der Waals surface area (Å²) in [5, 5.41) is 9.26. The molecule has 3 rings (SSSR count). The van der Waals surface area contributed by atoms with Gasteiger partial charge < -0.3 is 9.84 Å². The molecule has 1 heterocycles. The summed E-state index contributed by atoms with van der Waals surface area (Å²) in [5.41, 5.74) is 0.356. The van der Waals surface area contributed by atoms with Gasteiger partial charge in [-0.1, -0.05) is 6.07 Å². The largest absolute Gasteiger partial charge is 0.487 e. The third-order valence-corrected chi connectivity index (χ3v) is 4.86. The van der Waals surface area contributed by atoms with Gasteiger partial charge in [0, 0.05) is 23.4 Å². The summed E-state index contributed by atoms with van der Waals surface area (Å²) in [6, 6.07) is 8.57. The van der Waals surface area contributed by atoms with Crippen molar-refractivity contribution in [2.45, 2.75) is 20.1 Å². The van der Waals surface area contributed by atoms with Gasteiger partial charge in [0.05, 0.1) is 12.3 Å². The van der Waals surface area contributed by atoms with E-state index in [1.54, 1.807) is 6.92 Å². The fraction of sp³-hybridized carbons (Fsp3) is 0.150. The lowest BCUT2D eigenvalue weighted by Crippen LogP contribution is -2.23. The fourth-order valence-corrected chi connectivity index (χ4v) is 3.11. The van der Waals surface area contributed by atoms with E-state index in [0.717, 1.165) is 16.7 Å². The van der Waals surface area contributed by atoms with E-state index < -0.39 is 23.0 Å². The molecule has 0 aliphatic carbocycles. The van der Waals surface area contributed by atoms with Gasteiger partial charge >= 0.3 is 0 Å². The highest BCUT2D eigenvalue weighted by Gasteiger charge is 2.17. The molecule has 3 aromatic rings. The Morgan fingerprint density at radius 3 is 2.50 bits per heavy atom. The second-order valence-electron chi connectivity index (χ2n) is 6.07. The van der Waals surface area contributed by atoms with Crippen LogP contribution in [0.3, 0.4) is 0 Å². The topological polar surface area (TPSA) is 51.5 Å². The number of nitrogens with zero attached hydrogens (tertiary/aromatic N) is 1. The summed E-state index contributed by atoms with van der Waals surface area (Å²) < 4.78 is 47.7. The maximum absolute atomic E-state index is 14.3. The molecule has 0 spiro atoms. The van der Waals surface area contributed by atoms with Gasteiger partial charge in [-0.05, 0) is 52.7 Å². The zero-order chi connectivity index (χ0) is 20.4. The molecule has 0 saturated carbocycles. The highest BCUT2D eigenvalue weighted by atomic mass is 79.9. The first-order chi connectivity index (χ1) is 13.3. The molecular weight excluding hydrogens is 439 g/mol. The van der Waals surface area contributed by atoms with Gasteiger partial charge in [0.2, 0.25) is 0 Å². The fourth-order valence-electron chi connectivity index (χ4n) is 2.71. The van der Waals surface area contributed by atoms with Crippen molar-refractivity contribution in [2.75, 3.05) is 0 Å². The van der Waals surface area contributed by atoms with Crippen molar-refractivity contribution in [3.63, 3.8) is 0 Å². The number of aliphatic hydroxyl groups is 1. The number of pyridine rings is 1. The van der Waals surface area contributed by atoms with E-state index in [0.29, 0.717) is 11.3 Å². The van der Waals surface area contributed by atoms with Crippen LogP contribution in [0.1, 0.15) is 16.8 Å². The SMILES string of the molecule is Cc1cc(OCc2ccc(F)cc2F)c(Br)c(=O)n1-c1cc(CO)ccc1F. The Labute approximate surface area is 167 Å². The van der Waals surface area contributed by atoms with E-state index in [1.807, 2.05) is 0 Å². The molecule has 0 atom stereocenters. The molecule has 0 fully saturated rings. The lowest BCUT2D eigenvalue weighted by atomic mass is 10.2. The molecule has 1 aromatic heterocycles. The summed E-state index contributed by atoms with van der Waals surface area (Å²) in [5.74, 6) is -1.95. The van der Waals surface area contributed by atoms with Gasteiger partial charge in [0.15, 0.2) is 0 Å². The maximum atomic E-state index is 14.3. The second-order valence-corrected chi connectivity index (χ2v) is 6.87. The number of hydrogen-bond acceptors (Lipinski definition) is 3. The lowest BCUT2D eigenvalue weighted by molar-refractivity contribution is 0.281. The Bertz CT molecular complexity index is 1100. The molecule has 0 aliphatic heterocycles. The summed E-state index contributed by atoms with van der Waals surface area (Å²) >= 11 is 3.14. The molecule has 0 amide bonds. The summed E-state index contributed by atoms with van der Waals surface area (Å²) in [6.07, 6.45) is 0. The molecule has 28 heavy (non-hydrogen) atoms. The minimum absolute atomic E-state index is 0.00845. The molecule has 0 saturated heterocycles. The predicted molar refractivity (Wildman–Crippen MR) is 101 cm³/mol. The summed E-state index contributed by atoms with van der Waals surface area (Å²) in [4.78, 5) is 12.8. The van der Waals surface area contributed by atoms with E-state index in [-0.39, 0.29) is 34.7 Å². The molecule has 0 radical (unpaired) electrons. The molecular formula is C20H15BrF3NO3. The first-order valence-electron chi connectivity index (χ1n) is 8.20. The monoisotopic (exact) mass is 453 g/mol. The second kappa shape index (κ2) is 8.20. The molecule has 0 unspecified atom stereocenters. The van der Waals surface area contributed by atoms with Crippen LogP contribution in [0.2, 0.25) is 0 Å². The highest BCUT2D eigenvalue weighted by molar-refractivity contribution is 9.10. The number of aryl methyl sites for hydroxylation is 1. The molecule has 0 bridgehead atoms. The predicted octanol–water partition coefficient (Wildman–Crippen LogP) is 4.40. The quantitative estimate of drug-likeness (QED) is 0.622.